The Balaban J connectivity index is 1.04. The summed E-state index contributed by atoms with van der Waals surface area (Å²) in [6.45, 7) is 12.7. The summed E-state index contributed by atoms with van der Waals surface area (Å²) in [7, 11) is 0. The number of fused-ring (bicyclic) bond motifs is 5. The first-order valence-corrected chi connectivity index (χ1v) is 22.7. The number of ether oxygens (including phenoxy) is 2. The molecule has 8 atom stereocenters. The Bertz CT molecular complexity index is 1990. The Labute approximate surface area is 352 Å². The molecule has 0 bridgehead atoms. The molecule has 312 valence electrons. The van der Waals surface area contributed by atoms with Gasteiger partial charge in [-0.2, -0.15) is 0 Å². The first kappa shape index (κ1) is 41.2. The van der Waals surface area contributed by atoms with Crippen molar-refractivity contribution in [3.8, 4) is 11.5 Å². The highest BCUT2D eigenvalue weighted by molar-refractivity contribution is 5.92. The lowest BCUT2D eigenvalue weighted by Gasteiger charge is -2.63. The quantitative estimate of drug-likeness (QED) is 0.0890. The van der Waals surface area contributed by atoms with Gasteiger partial charge in [0.15, 0.2) is 0 Å². The molecule has 0 heterocycles. The Morgan fingerprint density at radius 2 is 1.14 bits per heavy atom. The fourth-order valence-corrected chi connectivity index (χ4v) is 13.2. The fourth-order valence-electron chi connectivity index (χ4n) is 13.2. The fraction of sp³-hybridized carbons (Fsp3) is 0.509. The van der Waals surface area contributed by atoms with Gasteiger partial charge in [0, 0.05) is 16.8 Å². The van der Waals surface area contributed by atoms with E-state index in [1.165, 1.54) is 75.3 Å². The summed E-state index contributed by atoms with van der Waals surface area (Å²) >= 11 is 0. The van der Waals surface area contributed by atoms with E-state index < -0.39 is 11.9 Å². The predicted octanol–water partition coefficient (Wildman–Crippen LogP) is 12.7. The molecule has 4 saturated carbocycles. The van der Waals surface area contributed by atoms with Crippen LogP contribution in [0.4, 0.5) is 11.4 Å². The van der Waals surface area contributed by atoms with E-state index >= 15 is 0 Å². The lowest BCUT2D eigenvalue weighted by atomic mass is 9.42. The molecule has 6 heteroatoms. The van der Waals surface area contributed by atoms with E-state index in [2.05, 4.69) is 58.9 Å². The zero-order chi connectivity index (χ0) is 41.5. The van der Waals surface area contributed by atoms with Crippen molar-refractivity contribution in [3.05, 3.63) is 119 Å². The Hall–Kier alpha value is -4.58. The molecule has 8 rings (SSSR count). The summed E-state index contributed by atoms with van der Waals surface area (Å²) in [5.74, 6) is 5.78. The number of carbonyl (C=O) groups excluding carboxylic acids is 2. The van der Waals surface area contributed by atoms with Crippen molar-refractivity contribution in [2.75, 3.05) is 11.5 Å². The van der Waals surface area contributed by atoms with E-state index in [9.17, 15) is 9.59 Å². The molecular formula is C53H66N2O4. The summed E-state index contributed by atoms with van der Waals surface area (Å²) in [4.78, 5) is 26.0. The SMILES string of the molecule is CC(C)CCCC(C)C1CCC2C3CCC4CC(c5ccc(OC(=O)c6ccc(N)cc6)cc5)(c5ccc(OC(=O)c6ccc(N)cc6)cc5)CCC4(C)C3CCC12C. The Morgan fingerprint density at radius 1 is 0.610 bits per heavy atom. The summed E-state index contributed by atoms with van der Waals surface area (Å²) in [5.41, 5.74) is 16.9. The standard InChI is InChI=1S/C53H66N2O4/c1-34(2)7-6-8-35(3)46-27-28-47-45-26-17-40-33-53(32-31-51(40,4)48(45)29-30-52(46,47)5,38-13-22-43(23-14-38)58-49(56)36-9-18-41(54)19-10-36)39-15-24-44(25-16-39)59-50(57)37-11-20-42(55)21-12-37/h9-16,18-25,34-35,40,45-48H,6-8,17,26-33,54-55H2,1-5H3. The average molecular weight is 795 g/mol. The molecule has 0 saturated heterocycles. The van der Waals surface area contributed by atoms with Crippen LogP contribution in [0.5, 0.6) is 11.5 Å². The van der Waals surface area contributed by atoms with Crippen LogP contribution >= 0.6 is 0 Å². The van der Waals surface area contributed by atoms with Crippen molar-refractivity contribution in [1.29, 1.82) is 0 Å². The van der Waals surface area contributed by atoms with E-state index in [1.54, 1.807) is 48.5 Å². The highest BCUT2D eigenvalue weighted by Gasteiger charge is 2.62. The highest BCUT2D eigenvalue weighted by Crippen LogP contribution is 2.70. The third-order valence-electron chi connectivity index (χ3n) is 16.5. The number of hydrogen-bond donors (Lipinski definition) is 2. The number of carbonyl (C=O) groups is 2. The summed E-state index contributed by atoms with van der Waals surface area (Å²) in [5, 5.41) is 0. The maximum absolute atomic E-state index is 13.0. The van der Waals surface area contributed by atoms with E-state index in [-0.39, 0.29) is 5.41 Å². The Kier molecular flexibility index (Phi) is 11.5. The molecule has 0 spiro atoms. The number of rotatable bonds is 11. The van der Waals surface area contributed by atoms with Crippen LogP contribution in [0.15, 0.2) is 97.1 Å². The molecule has 4 aliphatic rings. The van der Waals surface area contributed by atoms with Gasteiger partial charge < -0.3 is 20.9 Å². The van der Waals surface area contributed by atoms with Gasteiger partial charge in [0.1, 0.15) is 11.5 Å². The minimum atomic E-state index is -0.403. The smallest absolute Gasteiger partial charge is 0.343 e. The van der Waals surface area contributed by atoms with Crippen molar-refractivity contribution in [1.82, 2.24) is 0 Å². The largest absolute Gasteiger partial charge is 0.423 e. The molecule has 4 aromatic carbocycles. The van der Waals surface area contributed by atoms with Crippen LogP contribution in [0, 0.1) is 52.3 Å². The van der Waals surface area contributed by atoms with Crippen LogP contribution in [0.25, 0.3) is 0 Å². The maximum Gasteiger partial charge on any atom is 0.343 e. The number of hydrogen-bond acceptors (Lipinski definition) is 6. The lowest BCUT2D eigenvalue weighted by molar-refractivity contribution is -0.122. The maximum atomic E-state index is 13.0. The van der Waals surface area contributed by atoms with E-state index in [0.29, 0.717) is 50.7 Å². The van der Waals surface area contributed by atoms with Gasteiger partial charge in [0.05, 0.1) is 11.1 Å². The van der Waals surface area contributed by atoms with E-state index in [4.69, 9.17) is 20.9 Å². The summed E-state index contributed by atoms with van der Waals surface area (Å²) in [6, 6.07) is 30.1. The summed E-state index contributed by atoms with van der Waals surface area (Å²) < 4.78 is 11.7. The number of anilines is 2. The first-order valence-electron chi connectivity index (χ1n) is 22.7. The van der Waals surface area contributed by atoms with Crippen LogP contribution in [-0.2, 0) is 5.41 Å². The number of esters is 2. The van der Waals surface area contributed by atoms with Crippen molar-refractivity contribution >= 4 is 23.3 Å². The molecule has 8 unspecified atom stereocenters. The average Bonchev–Trinajstić information content (AvgIpc) is 3.59. The normalized spacial score (nSPS) is 28.8. The van der Waals surface area contributed by atoms with Crippen molar-refractivity contribution in [3.63, 3.8) is 0 Å². The molecule has 4 aliphatic carbocycles. The molecule has 0 aromatic heterocycles. The van der Waals surface area contributed by atoms with Gasteiger partial charge in [0.2, 0.25) is 0 Å². The van der Waals surface area contributed by atoms with E-state index in [1.807, 2.05) is 24.3 Å². The van der Waals surface area contributed by atoms with Gasteiger partial charge in [-0.15, -0.1) is 0 Å². The Morgan fingerprint density at radius 3 is 1.66 bits per heavy atom. The lowest BCUT2D eigenvalue weighted by Crippen LogP contribution is -2.55. The third kappa shape index (κ3) is 7.93. The minimum Gasteiger partial charge on any atom is -0.423 e. The van der Waals surface area contributed by atoms with Gasteiger partial charge >= 0.3 is 11.9 Å². The van der Waals surface area contributed by atoms with Gasteiger partial charge in [-0.1, -0.05) is 78.1 Å². The molecule has 59 heavy (non-hydrogen) atoms. The highest BCUT2D eigenvalue weighted by atomic mass is 16.5. The monoisotopic (exact) mass is 795 g/mol. The molecule has 4 N–H and O–H groups in total. The van der Waals surface area contributed by atoms with Gasteiger partial charge in [0.25, 0.3) is 0 Å². The molecular weight excluding hydrogens is 729 g/mol. The zero-order valence-corrected chi connectivity index (χ0v) is 36.1. The van der Waals surface area contributed by atoms with Crippen molar-refractivity contribution in [2.45, 2.75) is 117 Å². The molecule has 6 nitrogen and oxygen atoms in total. The van der Waals surface area contributed by atoms with Crippen molar-refractivity contribution in [2.24, 2.45) is 52.3 Å². The topological polar surface area (TPSA) is 105 Å². The van der Waals surface area contributed by atoms with Crippen LogP contribution in [0.2, 0.25) is 0 Å². The third-order valence-corrected chi connectivity index (χ3v) is 16.5. The van der Waals surface area contributed by atoms with Crippen LogP contribution in [0.3, 0.4) is 0 Å². The van der Waals surface area contributed by atoms with Crippen LogP contribution in [0.1, 0.15) is 144 Å². The molecule has 4 fully saturated rings. The number of benzene rings is 4. The second-order valence-electron chi connectivity index (χ2n) is 20.0. The zero-order valence-electron chi connectivity index (χ0n) is 36.1. The van der Waals surface area contributed by atoms with Crippen molar-refractivity contribution < 1.29 is 19.1 Å². The number of nitrogen functional groups attached to an aromatic ring is 2. The van der Waals surface area contributed by atoms with Gasteiger partial charge in [-0.3, -0.25) is 0 Å². The summed E-state index contributed by atoms with van der Waals surface area (Å²) in [6.07, 6.45) is 15.6. The van der Waals surface area contributed by atoms with E-state index in [0.717, 1.165) is 48.3 Å². The first-order chi connectivity index (χ1) is 28.3. The second kappa shape index (κ2) is 16.5. The molecule has 0 aliphatic heterocycles. The van der Waals surface area contributed by atoms with Crippen LogP contribution < -0.4 is 20.9 Å². The number of nitrogens with two attached hydrogens (primary N) is 2. The molecule has 0 amide bonds. The molecule has 0 radical (unpaired) electrons. The predicted molar refractivity (Wildman–Crippen MR) is 238 cm³/mol. The second-order valence-corrected chi connectivity index (χ2v) is 20.0. The van der Waals surface area contributed by atoms with Crippen LogP contribution in [-0.4, -0.2) is 11.9 Å². The van der Waals surface area contributed by atoms with Gasteiger partial charge in [-0.05, 0) is 194 Å². The molecule has 4 aromatic rings. The van der Waals surface area contributed by atoms with Gasteiger partial charge in [-0.25, -0.2) is 9.59 Å². The minimum absolute atomic E-state index is 0.233.